The number of rotatable bonds is 8. The first kappa shape index (κ1) is 17.1. The second-order valence-corrected chi connectivity index (χ2v) is 5.25. The molecule has 1 amide bonds. The number of ether oxygens (including phenoxy) is 1. The van der Waals surface area contributed by atoms with Gasteiger partial charge < -0.3 is 15.0 Å². The molecular formula is C14H19N3O3S. The van der Waals surface area contributed by atoms with E-state index in [2.05, 4.69) is 10.1 Å². The van der Waals surface area contributed by atoms with Crippen molar-refractivity contribution in [3.63, 3.8) is 0 Å². The Kier molecular flexibility index (Phi) is 7.43. The molecule has 0 aliphatic heterocycles. The molecule has 0 spiro atoms. The van der Waals surface area contributed by atoms with Crippen LogP contribution in [0.15, 0.2) is 11.4 Å². The van der Waals surface area contributed by atoms with Gasteiger partial charge in [0.15, 0.2) is 0 Å². The lowest BCUT2D eigenvalue weighted by atomic mass is 10.3. The van der Waals surface area contributed by atoms with Crippen molar-refractivity contribution < 1.29 is 14.3 Å². The Labute approximate surface area is 128 Å². The molecule has 0 radical (unpaired) electrons. The van der Waals surface area contributed by atoms with Crippen LogP contribution < -0.4 is 5.32 Å². The molecular weight excluding hydrogens is 290 g/mol. The molecule has 0 saturated carbocycles. The highest BCUT2D eigenvalue weighted by Crippen LogP contribution is 2.22. The number of hydrogen-bond acceptors (Lipinski definition) is 6. The van der Waals surface area contributed by atoms with Crippen molar-refractivity contribution in [2.24, 2.45) is 0 Å². The number of esters is 1. The van der Waals surface area contributed by atoms with Crippen molar-refractivity contribution in [2.75, 3.05) is 32.1 Å². The van der Waals surface area contributed by atoms with E-state index in [1.54, 1.807) is 11.4 Å². The Morgan fingerprint density at radius 3 is 2.76 bits per heavy atom. The maximum Gasteiger partial charge on any atom is 0.306 e. The third kappa shape index (κ3) is 5.94. The summed E-state index contributed by atoms with van der Waals surface area (Å²) < 4.78 is 4.59. The predicted octanol–water partition coefficient (Wildman–Crippen LogP) is 1.83. The maximum absolute atomic E-state index is 11.9. The lowest BCUT2D eigenvalue weighted by Gasteiger charge is -2.19. The Balaban J connectivity index is 2.37. The first-order chi connectivity index (χ1) is 10.1. The number of methoxy groups -OCH3 is 1. The van der Waals surface area contributed by atoms with Gasteiger partial charge in [-0.1, -0.05) is 6.92 Å². The standard InChI is InChI=1S/C14H19N3O3S/c1-3-17(8-5-13(19)20-2)7-4-12(18)16-14-11(10-15)6-9-21-14/h6,9H,3-5,7-8H2,1-2H3,(H,16,18). The van der Waals surface area contributed by atoms with Crippen molar-refractivity contribution in [3.05, 3.63) is 17.0 Å². The summed E-state index contributed by atoms with van der Waals surface area (Å²) in [6.45, 7) is 3.86. The van der Waals surface area contributed by atoms with Gasteiger partial charge in [0.1, 0.15) is 11.1 Å². The molecule has 1 aromatic rings. The summed E-state index contributed by atoms with van der Waals surface area (Å²) in [5, 5.41) is 14.0. The fraction of sp³-hybridized carbons (Fsp3) is 0.500. The van der Waals surface area contributed by atoms with Crippen LogP contribution in [0.4, 0.5) is 5.00 Å². The molecule has 0 saturated heterocycles. The molecule has 1 aromatic heterocycles. The first-order valence-corrected chi connectivity index (χ1v) is 7.55. The van der Waals surface area contributed by atoms with Gasteiger partial charge >= 0.3 is 5.97 Å². The maximum atomic E-state index is 11.9. The number of anilines is 1. The van der Waals surface area contributed by atoms with Crippen molar-refractivity contribution in [2.45, 2.75) is 19.8 Å². The van der Waals surface area contributed by atoms with Crippen molar-refractivity contribution >= 4 is 28.2 Å². The fourth-order valence-corrected chi connectivity index (χ4v) is 2.48. The Morgan fingerprint density at radius 1 is 1.43 bits per heavy atom. The summed E-state index contributed by atoms with van der Waals surface area (Å²) in [5.74, 6) is -0.388. The van der Waals surface area contributed by atoms with Gasteiger partial charge in [-0.2, -0.15) is 5.26 Å². The quantitative estimate of drug-likeness (QED) is 0.741. The van der Waals surface area contributed by atoms with Crippen LogP contribution in [0.2, 0.25) is 0 Å². The SMILES string of the molecule is CCN(CCC(=O)Nc1sccc1C#N)CCC(=O)OC. The molecule has 6 nitrogen and oxygen atoms in total. The van der Waals surface area contributed by atoms with Gasteiger partial charge in [-0.3, -0.25) is 9.59 Å². The smallest absolute Gasteiger partial charge is 0.306 e. The van der Waals surface area contributed by atoms with Gasteiger partial charge in [0.05, 0.1) is 19.1 Å². The Bertz CT molecular complexity index is 522. The van der Waals surface area contributed by atoms with Crippen LogP contribution in [0.1, 0.15) is 25.3 Å². The van der Waals surface area contributed by atoms with Crippen LogP contribution >= 0.6 is 11.3 Å². The van der Waals surface area contributed by atoms with E-state index in [4.69, 9.17) is 5.26 Å². The van der Waals surface area contributed by atoms with E-state index in [0.29, 0.717) is 36.5 Å². The van der Waals surface area contributed by atoms with Crippen molar-refractivity contribution in [1.82, 2.24) is 4.90 Å². The molecule has 0 atom stereocenters. The molecule has 1 rings (SSSR count). The molecule has 114 valence electrons. The average molecular weight is 309 g/mol. The minimum atomic E-state index is -0.254. The zero-order valence-corrected chi connectivity index (χ0v) is 13.0. The number of carbonyl (C=O) groups excluding carboxylic acids is 2. The molecule has 0 aromatic carbocycles. The number of thiophene rings is 1. The second-order valence-electron chi connectivity index (χ2n) is 4.33. The summed E-state index contributed by atoms with van der Waals surface area (Å²) in [5.41, 5.74) is 0.478. The summed E-state index contributed by atoms with van der Waals surface area (Å²) in [6.07, 6.45) is 0.632. The third-order valence-electron chi connectivity index (χ3n) is 3.00. The lowest BCUT2D eigenvalue weighted by Crippen LogP contribution is -2.30. The molecule has 1 N–H and O–H groups in total. The molecule has 0 bridgehead atoms. The Hall–Kier alpha value is -1.91. The van der Waals surface area contributed by atoms with E-state index in [1.165, 1.54) is 18.4 Å². The molecule has 0 aliphatic carbocycles. The van der Waals surface area contributed by atoms with Crippen LogP contribution in [0.25, 0.3) is 0 Å². The van der Waals surface area contributed by atoms with Gasteiger partial charge in [-0.25, -0.2) is 0 Å². The monoisotopic (exact) mass is 309 g/mol. The summed E-state index contributed by atoms with van der Waals surface area (Å²) in [7, 11) is 1.36. The molecule has 21 heavy (non-hydrogen) atoms. The molecule has 0 unspecified atom stereocenters. The highest BCUT2D eigenvalue weighted by molar-refractivity contribution is 7.14. The minimum absolute atomic E-state index is 0.134. The third-order valence-corrected chi connectivity index (χ3v) is 3.83. The first-order valence-electron chi connectivity index (χ1n) is 6.67. The van der Waals surface area contributed by atoms with Gasteiger partial charge in [0.2, 0.25) is 5.91 Å². The normalized spacial score (nSPS) is 10.2. The van der Waals surface area contributed by atoms with E-state index in [9.17, 15) is 9.59 Å². The molecule has 1 heterocycles. The molecule has 7 heteroatoms. The average Bonchev–Trinajstić information content (AvgIpc) is 2.94. The summed E-state index contributed by atoms with van der Waals surface area (Å²) in [4.78, 5) is 25.0. The van der Waals surface area contributed by atoms with Crippen LogP contribution in [-0.2, 0) is 14.3 Å². The highest BCUT2D eigenvalue weighted by Gasteiger charge is 2.11. The van der Waals surface area contributed by atoms with Crippen LogP contribution in [0.5, 0.6) is 0 Å². The zero-order chi connectivity index (χ0) is 15.7. The van der Waals surface area contributed by atoms with Crippen LogP contribution in [0.3, 0.4) is 0 Å². The zero-order valence-electron chi connectivity index (χ0n) is 12.2. The number of amides is 1. The van der Waals surface area contributed by atoms with E-state index >= 15 is 0 Å². The van der Waals surface area contributed by atoms with Crippen LogP contribution in [-0.4, -0.2) is 43.5 Å². The van der Waals surface area contributed by atoms with E-state index in [0.717, 1.165) is 6.54 Å². The van der Waals surface area contributed by atoms with Gasteiger partial charge in [-0.15, -0.1) is 11.3 Å². The fourth-order valence-electron chi connectivity index (χ4n) is 1.72. The summed E-state index contributed by atoms with van der Waals surface area (Å²) >= 11 is 1.33. The van der Waals surface area contributed by atoms with E-state index in [-0.39, 0.29) is 11.9 Å². The number of nitriles is 1. The summed E-state index contributed by atoms with van der Waals surface area (Å²) in [6, 6.07) is 3.71. The molecule has 0 fully saturated rings. The lowest BCUT2D eigenvalue weighted by molar-refractivity contribution is -0.140. The number of nitrogens with one attached hydrogen (secondary N) is 1. The minimum Gasteiger partial charge on any atom is -0.469 e. The van der Waals surface area contributed by atoms with Gasteiger partial charge in [0, 0.05) is 19.5 Å². The largest absolute Gasteiger partial charge is 0.469 e. The van der Waals surface area contributed by atoms with E-state index in [1.807, 2.05) is 17.9 Å². The van der Waals surface area contributed by atoms with Crippen LogP contribution in [0, 0.1) is 11.3 Å². The predicted molar refractivity (Wildman–Crippen MR) is 81.0 cm³/mol. The number of nitrogens with zero attached hydrogens (tertiary/aromatic N) is 2. The Morgan fingerprint density at radius 2 is 2.14 bits per heavy atom. The van der Waals surface area contributed by atoms with Gasteiger partial charge in [0.25, 0.3) is 0 Å². The molecule has 0 aliphatic rings. The second kappa shape index (κ2) is 9.10. The number of hydrogen-bond donors (Lipinski definition) is 1. The topological polar surface area (TPSA) is 82.4 Å². The van der Waals surface area contributed by atoms with Crippen molar-refractivity contribution in [3.8, 4) is 6.07 Å². The highest BCUT2D eigenvalue weighted by atomic mass is 32.1. The van der Waals surface area contributed by atoms with Crippen molar-refractivity contribution in [1.29, 1.82) is 5.26 Å². The van der Waals surface area contributed by atoms with E-state index < -0.39 is 0 Å². The number of carbonyl (C=O) groups is 2. The van der Waals surface area contributed by atoms with Gasteiger partial charge in [-0.05, 0) is 18.0 Å².